The highest BCUT2D eigenvalue weighted by Crippen LogP contribution is 2.39. The summed E-state index contributed by atoms with van der Waals surface area (Å²) in [4.78, 5) is 25.8. The minimum atomic E-state index is -0.631. The monoisotopic (exact) mass is 541 g/mol. The van der Waals surface area contributed by atoms with Crippen molar-refractivity contribution in [3.8, 4) is 28.1 Å². The molecule has 0 spiro atoms. The van der Waals surface area contributed by atoms with Gasteiger partial charge in [0.2, 0.25) is 0 Å². The number of aromatic nitrogens is 9. The maximum Gasteiger partial charge on any atom is 0.251 e. The highest BCUT2D eigenvalue weighted by molar-refractivity contribution is 6.31. The average Bonchev–Trinajstić information content (AvgIpc) is 3.73. The molecule has 1 aromatic carbocycles. The van der Waals surface area contributed by atoms with Crippen LogP contribution in [0.5, 0.6) is 0 Å². The fraction of sp³-hybridized carbons (Fsp3) is 0.185. The largest absolute Gasteiger partial charge is 0.342 e. The van der Waals surface area contributed by atoms with Crippen LogP contribution in [0.3, 0.4) is 0 Å². The molecule has 39 heavy (non-hydrogen) atoms. The molecule has 1 N–H and O–H groups in total. The van der Waals surface area contributed by atoms with Crippen molar-refractivity contribution >= 4 is 17.2 Å². The number of H-pyrrole nitrogens is 1. The first-order valence-electron chi connectivity index (χ1n) is 12.4. The lowest BCUT2D eigenvalue weighted by atomic mass is 9.99. The Kier molecular flexibility index (Phi) is 5.41. The molecule has 0 aliphatic carbocycles. The van der Waals surface area contributed by atoms with Crippen LogP contribution in [-0.4, -0.2) is 44.1 Å². The third-order valence-electron chi connectivity index (χ3n) is 7.31. The zero-order valence-corrected chi connectivity index (χ0v) is 21.4. The highest BCUT2D eigenvalue weighted by atomic mass is 35.5. The minimum absolute atomic E-state index is 0.0471. The normalized spacial score (nSPS) is 16.7. The number of hydrogen-bond donors (Lipinski definition) is 1. The van der Waals surface area contributed by atoms with Crippen LogP contribution >= 0.6 is 11.6 Å². The molecule has 7 rings (SSSR count). The molecule has 5 aromatic heterocycles. The molecule has 10 nitrogen and oxygen atoms in total. The molecule has 6 heterocycles. The van der Waals surface area contributed by atoms with E-state index in [0.717, 1.165) is 34.8 Å². The van der Waals surface area contributed by atoms with Crippen LogP contribution in [0.15, 0.2) is 72.3 Å². The van der Waals surface area contributed by atoms with Gasteiger partial charge in [0.25, 0.3) is 5.56 Å². The van der Waals surface area contributed by atoms with Gasteiger partial charge in [-0.1, -0.05) is 18.5 Å². The van der Waals surface area contributed by atoms with Crippen molar-refractivity contribution in [1.29, 1.82) is 0 Å². The number of fused-ring (bicyclic) bond motifs is 2. The van der Waals surface area contributed by atoms with Gasteiger partial charge in [0.1, 0.15) is 17.8 Å². The molecule has 0 saturated heterocycles. The van der Waals surface area contributed by atoms with Crippen molar-refractivity contribution in [2.45, 2.75) is 31.7 Å². The van der Waals surface area contributed by atoms with Crippen LogP contribution < -0.4 is 5.56 Å². The zero-order chi connectivity index (χ0) is 26.7. The van der Waals surface area contributed by atoms with E-state index in [0.29, 0.717) is 17.7 Å². The second-order valence-electron chi connectivity index (χ2n) is 9.74. The minimum Gasteiger partial charge on any atom is -0.342 e. The number of rotatable bonds is 5. The van der Waals surface area contributed by atoms with E-state index in [9.17, 15) is 4.79 Å². The summed E-state index contributed by atoms with van der Waals surface area (Å²) in [6.07, 6.45) is 10.1. The number of nitrogens with one attached hydrogen (secondary N) is 1. The number of pyridine rings is 2. The van der Waals surface area contributed by atoms with Crippen molar-refractivity contribution < 1.29 is 4.39 Å². The predicted octanol–water partition coefficient (Wildman–Crippen LogP) is 4.61. The summed E-state index contributed by atoms with van der Waals surface area (Å²) >= 11 is 6.13. The van der Waals surface area contributed by atoms with Gasteiger partial charge in [-0.3, -0.25) is 4.79 Å². The third kappa shape index (κ3) is 3.93. The van der Waals surface area contributed by atoms with Gasteiger partial charge >= 0.3 is 0 Å². The molecule has 1 aliphatic heterocycles. The lowest BCUT2D eigenvalue weighted by Crippen LogP contribution is -2.24. The van der Waals surface area contributed by atoms with E-state index in [4.69, 9.17) is 11.6 Å². The van der Waals surface area contributed by atoms with E-state index in [1.165, 1.54) is 23.1 Å². The molecule has 12 heteroatoms. The van der Waals surface area contributed by atoms with Crippen LogP contribution in [0.1, 0.15) is 36.8 Å². The Morgan fingerprint density at radius 1 is 1.15 bits per heavy atom. The van der Waals surface area contributed by atoms with Crippen LogP contribution in [0.25, 0.3) is 33.7 Å². The van der Waals surface area contributed by atoms with Crippen LogP contribution in [-0.2, 0) is 6.42 Å². The standard InChI is InChI=1S/C27H21ClFN9O/c1-15-8-18(11-23-31-12-20(33-23)16-2-5-24-30-6-7-36(24)13-16)38-22(15)9-17(10-25(38)39)26-21(37-14-32-34-35-37)4-3-19(28)27(26)29/h2-7,9-10,12-15,18H,8,11H2,1H3,(H,31,33)/t15-,18-/m0/s1. The Morgan fingerprint density at radius 3 is 2.90 bits per heavy atom. The average molecular weight is 542 g/mol. The van der Waals surface area contributed by atoms with Crippen LogP contribution in [0.2, 0.25) is 5.02 Å². The van der Waals surface area contributed by atoms with Gasteiger partial charge in [-0.25, -0.2) is 14.4 Å². The number of tetrazole rings is 1. The van der Waals surface area contributed by atoms with Crippen LogP contribution in [0, 0.1) is 5.82 Å². The summed E-state index contributed by atoms with van der Waals surface area (Å²) in [6, 6.07) is 10.3. The molecular formula is C27H21ClFN9O. The Hall–Kier alpha value is -4.64. The second-order valence-corrected chi connectivity index (χ2v) is 10.1. The summed E-state index contributed by atoms with van der Waals surface area (Å²) in [7, 11) is 0. The molecule has 1 aliphatic rings. The topological polar surface area (TPSA) is 112 Å². The Morgan fingerprint density at radius 2 is 2.05 bits per heavy atom. The van der Waals surface area contributed by atoms with Gasteiger partial charge in [0, 0.05) is 53.9 Å². The fourth-order valence-corrected chi connectivity index (χ4v) is 5.67. The molecular weight excluding hydrogens is 521 g/mol. The summed E-state index contributed by atoms with van der Waals surface area (Å²) in [5.41, 5.74) is 4.38. The Balaban J connectivity index is 1.23. The first-order valence-corrected chi connectivity index (χ1v) is 12.8. The first-order chi connectivity index (χ1) is 19.0. The summed E-state index contributed by atoms with van der Waals surface area (Å²) in [6.45, 7) is 2.07. The fourth-order valence-electron chi connectivity index (χ4n) is 5.52. The van der Waals surface area contributed by atoms with Gasteiger partial charge in [-0.2, -0.15) is 4.68 Å². The van der Waals surface area contributed by atoms with E-state index in [2.05, 4.69) is 37.4 Å². The second kappa shape index (κ2) is 8.98. The summed E-state index contributed by atoms with van der Waals surface area (Å²) in [5.74, 6) is 0.242. The van der Waals surface area contributed by atoms with E-state index in [1.807, 2.05) is 35.0 Å². The van der Waals surface area contributed by atoms with Gasteiger partial charge in [0.05, 0.1) is 22.6 Å². The Bertz CT molecular complexity index is 1910. The lowest BCUT2D eigenvalue weighted by Gasteiger charge is -2.16. The number of halogens is 2. The van der Waals surface area contributed by atoms with Gasteiger partial charge < -0.3 is 14.0 Å². The zero-order valence-electron chi connectivity index (χ0n) is 20.7. The smallest absolute Gasteiger partial charge is 0.251 e. The molecule has 6 aromatic rings. The summed E-state index contributed by atoms with van der Waals surface area (Å²) < 4.78 is 20.5. The Labute approximate surface area is 225 Å². The number of imidazole rings is 2. The maximum absolute atomic E-state index is 15.4. The quantitative estimate of drug-likeness (QED) is 0.341. The van der Waals surface area contributed by atoms with Gasteiger partial charge in [0.15, 0.2) is 5.82 Å². The first kappa shape index (κ1) is 23.5. The van der Waals surface area contributed by atoms with Crippen molar-refractivity contribution in [2.24, 2.45) is 0 Å². The molecule has 0 unspecified atom stereocenters. The molecule has 0 bridgehead atoms. The van der Waals surface area contributed by atoms with Crippen molar-refractivity contribution in [2.75, 3.05) is 0 Å². The highest BCUT2D eigenvalue weighted by Gasteiger charge is 2.31. The van der Waals surface area contributed by atoms with E-state index in [1.54, 1.807) is 23.0 Å². The number of aromatic amines is 1. The van der Waals surface area contributed by atoms with Crippen LogP contribution in [0.4, 0.5) is 4.39 Å². The maximum atomic E-state index is 15.4. The molecule has 0 radical (unpaired) electrons. The molecule has 0 saturated carbocycles. The van der Waals surface area contributed by atoms with Gasteiger partial charge in [-0.15, -0.1) is 5.10 Å². The predicted molar refractivity (Wildman–Crippen MR) is 142 cm³/mol. The SMILES string of the molecule is C[C@H]1C[C@@H](Cc2ncc(-c3ccc4nccn4c3)[nH]2)n2c1cc(-c1c(-n3cnnn3)ccc(Cl)c1F)cc2=O. The molecule has 0 fully saturated rings. The molecule has 194 valence electrons. The number of hydrogen-bond acceptors (Lipinski definition) is 6. The van der Waals surface area contributed by atoms with Crippen molar-refractivity contribution in [1.82, 2.24) is 44.1 Å². The molecule has 2 atom stereocenters. The van der Waals surface area contributed by atoms with E-state index >= 15 is 4.39 Å². The van der Waals surface area contributed by atoms with Crippen molar-refractivity contribution in [3.63, 3.8) is 0 Å². The van der Waals surface area contributed by atoms with E-state index < -0.39 is 5.82 Å². The van der Waals surface area contributed by atoms with E-state index in [-0.39, 0.29) is 28.1 Å². The number of benzene rings is 1. The number of nitrogens with zero attached hydrogens (tertiary/aromatic N) is 8. The third-order valence-corrected chi connectivity index (χ3v) is 7.60. The van der Waals surface area contributed by atoms with Crippen molar-refractivity contribution in [3.05, 3.63) is 100 Å². The molecule has 0 amide bonds. The lowest BCUT2D eigenvalue weighted by molar-refractivity contribution is 0.490. The summed E-state index contributed by atoms with van der Waals surface area (Å²) in [5, 5.41) is 11.2. The van der Waals surface area contributed by atoms with Gasteiger partial charge in [-0.05, 0) is 58.7 Å².